The van der Waals surface area contributed by atoms with E-state index in [1.807, 2.05) is 6.92 Å². The van der Waals surface area contributed by atoms with Gasteiger partial charge in [0.2, 0.25) is 0 Å². The van der Waals surface area contributed by atoms with Gasteiger partial charge in [0.05, 0.1) is 5.69 Å². The van der Waals surface area contributed by atoms with Crippen molar-refractivity contribution in [3.05, 3.63) is 32.1 Å². The number of Topliss-reactive ketones (excluding diaryl/α,β-unsaturated/α-hetero) is 1. The zero-order valence-corrected chi connectivity index (χ0v) is 12.3. The van der Waals surface area contributed by atoms with Crippen molar-refractivity contribution in [3.63, 3.8) is 0 Å². The van der Waals surface area contributed by atoms with E-state index in [4.69, 9.17) is 0 Å². The van der Waals surface area contributed by atoms with Crippen molar-refractivity contribution in [2.45, 2.75) is 46.5 Å². The van der Waals surface area contributed by atoms with Gasteiger partial charge in [0.15, 0.2) is 5.78 Å². The Labute approximate surface area is 117 Å². The average molecular weight is 278 g/mol. The van der Waals surface area contributed by atoms with Crippen LogP contribution in [0, 0.1) is 17.8 Å². The van der Waals surface area contributed by atoms with Crippen LogP contribution in [-0.4, -0.2) is 15.8 Å². The lowest BCUT2D eigenvalue weighted by atomic mass is 9.74. The van der Waals surface area contributed by atoms with E-state index in [0.29, 0.717) is 23.8 Å². The normalized spacial score (nSPS) is 26.4. The minimum atomic E-state index is -0.604. The molecule has 0 aliphatic heterocycles. The molecule has 0 spiro atoms. The minimum Gasteiger partial charge on any atom is -0.304 e. The van der Waals surface area contributed by atoms with Crippen LogP contribution >= 0.6 is 0 Å². The quantitative estimate of drug-likeness (QED) is 0.828. The number of hydrogen-bond acceptors (Lipinski definition) is 3. The third-order valence-electron chi connectivity index (χ3n) is 4.19. The van der Waals surface area contributed by atoms with Crippen molar-refractivity contribution in [2.24, 2.45) is 17.8 Å². The second kappa shape index (κ2) is 5.77. The van der Waals surface area contributed by atoms with Gasteiger partial charge in [0.1, 0.15) is 0 Å². The van der Waals surface area contributed by atoms with Gasteiger partial charge >= 0.3 is 5.69 Å². The van der Waals surface area contributed by atoms with Crippen molar-refractivity contribution < 1.29 is 4.79 Å². The van der Waals surface area contributed by atoms with Gasteiger partial charge in [-0.3, -0.25) is 14.6 Å². The summed E-state index contributed by atoms with van der Waals surface area (Å²) in [5, 5.41) is 0. The highest BCUT2D eigenvalue weighted by atomic mass is 16.2. The van der Waals surface area contributed by atoms with Crippen LogP contribution in [0.15, 0.2) is 9.59 Å². The van der Waals surface area contributed by atoms with Gasteiger partial charge in [-0.1, -0.05) is 20.8 Å². The zero-order valence-electron chi connectivity index (χ0n) is 12.3. The topological polar surface area (TPSA) is 82.8 Å². The number of rotatable bonds is 3. The molecule has 1 saturated carbocycles. The fraction of sp³-hybridized carbons (Fsp3) is 0.667. The molecule has 2 rings (SSSR count). The fourth-order valence-electron chi connectivity index (χ4n) is 3.43. The van der Waals surface area contributed by atoms with Crippen LogP contribution in [0.4, 0.5) is 0 Å². The number of nitrogens with one attached hydrogen (secondary N) is 2. The Bertz CT molecular complexity index is 604. The molecular formula is C15H22N2O3. The van der Waals surface area contributed by atoms with Gasteiger partial charge < -0.3 is 4.98 Å². The molecule has 20 heavy (non-hydrogen) atoms. The molecule has 1 fully saturated rings. The summed E-state index contributed by atoms with van der Waals surface area (Å²) in [5.74, 6) is 0.845. The van der Waals surface area contributed by atoms with Gasteiger partial charge in [-0.25, -0.2) is 4.79 Å². The number of aromatic amines is 2. The van der Waals surface area contributed by atoms with Crippen molar-refractivity contribution in [1.82, 2.24) is 9.97 Å². The third-order valence-corrected chi connectivity index (χ3v) is 4.19. The van der Waals surface area contributed by atoms with Crippen LogP contribution in [0.3, 0.4) is 0 Å². The van der Waals surface area contributed by atoms with Crippen molar-refractivity contribution in [2.75, 3.05) is 0 Å². The standard InChI is InChI=1S/C15H22N2O3/c1-4-11-12(16-15(20)17-14(11)19)13(18)10-6-8(2)5-9(3)7-10/h8-10H,4-7H2,1-3H3,(H2,16,17,19,20). The molecule has 1 aromatic heterocycles. The maximum atomic E-state index is 12.7. The molecule has 1 aliphatic rings. The van der Waals surface area contributed by atoms with Gasteiger partial charge in [-0.2, -0.15) is 0 Å². The van der Waals surface area contributed by atoms with E-state index < -0.39 is 11.2 Å². The van der Waals surface area contributed by atoms with Crippen LogP contribution in [0.2, 0.25) is 0 Å². The third kappa shape index (κ3) is 2.92. The van der Waals surface area contributed by atoms with Crippen LogP contribution in [0.25, 0.3) is 0 Å². The molecule has 0 radical (unpaired) electrons. The first kappa shape index (κ1) is 14.8. The van der Waals surface area contributed by atoms with E-state index in [-0.39, 0.29) is 17.4 Å². The molecule has 110 valence electrons. The van der Waals surface area contributed by atoms with Crippen LogP contribution in [0.5, 0.6) is 0 Å². The molecule has 0 bridgehead atoms. The lowest BCUT2D eigenvalue weighted by Crippen LogP contribution is -2.33. The van der Waals surface area contributed by atoms with E-state index in [0.717, 1.165) is 19.3 Å². The van der Waals surface area contributed by atoms with E-state index in [2.05, 4.69) is 23.8 Å². The fourth-order valence-corrected chi connectivity index (χ4v) is 3.43. The van der Waals surface area contributed by atoms with E-state index in [1.54, 1.807) is 0 Å². The van der Waals surface area contributed by atoms with Crippen LogP contribution in [-0.2, 0) is 6.42 Å². The maximum absolute atomic E-state index is 12.7. The molecule has 5 heteroatoms. The van der Waals surface area contributed by atoms with Gasteiger partial charge in [0.25, 0.3) is 5.56 Å². The molecule has 0 aromatic carbocycles. The second-order valence-electron chi connectivity index (χ2n) is 6.09. The summed E-state index contributed by atoms with van der Waals surface area (Å²) >= 11 is 0. The van der Waals surface area contributed by atoms with Crippen LogP contribution in [0.1, 0.15) is 56.1 Å². The number of aromatic nitrogens is 2. The Kier molecular flexibility index (Phi) is 4.26. The summed E-state index contributed by atoms with van der Waals surface area (Å²) in [6.45, 7) is 6.11. The van der Waals surface area contributed by atoms with Crippen molar-refractivity contribution in [3.8, 4) is 0 Å². The molecule has 0 saturated heterocycles. The summed E-state index contributed by atoms with van der Waals surface area (Å²) in [5.41, 5.74) is -0.447. The van der Waals surface area contributed by atoms with E-state index in [9.17, 15) is 14.4 Å². The Morgan fingerprint density at radius 1 is 1.10 bits per heavy atom. The van der Waals surface area contributed by atoms with Crippen LogP contribution < -0.4 is 11.2 Å². The number of carbonyl (C=O) groups is 1. The second-order valence-corrected chi connectivity index (χ2v) is 6.09. The summed E-state index contributed by atoms with van der Waals surface area (Å²) in [6.07, 6.45) is 3.24. The van der Waals surface area contributed by atoms with E-state index >= 15 is 0 Å². The Hall–Kier alpha value is -1.65. The smallest absolute Gasteiger partial charge is 0.304 e. The van der Waals surface area contributed by atoms with Gasteiger partial charge in [0, 0.05) is 11.5 Å². The lowest BCUT2D eigenvalue weighted by molar-refractivity contribution is 0.0829. The number of hydrogen-bond donors (Lipinski definition) is 2. The molecule has 2 N–H and O–H groups in total. The van der Waals surface area contributed by atoms with E-state index in [1.165, 1.54) is 0 Å². The molecule has 1 aromatic rings. The molecule has 2 atom stereocenters. The Morgan fingerprint density at radius 2 is 1.70 bits per heavy atom. The first-order valence-corrected chi connectivity index (χ1v) is 7.32. The highest BCUT2D eigenvalue weighted by Crippen LogP contribution is 2.34. The van der Waals surface area contributed by atoms with Crippen molar-refractivity contribution in [1.29, 1.82) is 0 Å². The number of ketones is 1. The average Bonchev–Trinajstić information content (AvgIpc) is 2.35. The summed E-state index contributed by atoms with van der Waals surface area (Å²) in [4.78, 5) is 40.6. The molecule has 0 amide bonds. The number of H-pyrrole nitrogens is 2. The summed E-state index contributed by atoms with van der Waals surface area (Å²) in [7, 11) is 0. The first-order chi connectivity index (χ1) is 9.42. The monoisotopic (exact) mass is 278 g/mol. The number of carbonyl (C=O) groups excluding carboxylic acids is 1. The molecule has 1 aliphatic carbocycles. The Morgan fingerprint density at radius 3 is 2.25 bits per heavy atom. The molecule has 2 unspecified atom stereocenters. The molecule has 5 nitrogen and oxygen atoms in total. The largest absolute Gasteiger partial charge is 0.326 e. The van der Waals surface area contributed by atoms with Gasteiger partial charge in [-0.05, 0) is 37.5 Å². The highest BCUT2D eigenvalue weighted by Gasteiger charge is 2.31. The zero-order chi connectivity index (χ0) is 14.9. The first-order valence-electron chi connectivity index (χ1n) is 7.32. The lowest BCUT2D eigenvalue weighted by Gasteiger charge is -2.30. The Balaban J connectivity index is 2.38. The highest BCUT2D eigenvalue weighted by molar-refractivity contribution is 5.97. The predicted octanol–water partition coefficient (Wildman–Crippen LogP) is 1.88. The summed E-state index contributed by atoms with van der Waals surface area (Å²) in [6, 6.07) is 0. The summed E-state index contributed by atoms with van der Waals surface area (Å²) < 4.78 is 0. The predicted molar refractivity (Wildman–Crippen MR) is 77.1 cm³/mol. The van der Waals surface area contributed by atoms with Gasteiger partial charge in [-0.15, -0.1) is 0 Å². The maximum Gasteiger partial charge on any atom is 0.326 e. The van der Waals surface area contributed by atoms with Crippen molar-refractivity contribution >= 4 is 5.78 Å². The SMILES string of the molecule is CCc1c(C(=O)C2CC(C)CC(C)C2)[nH]c(=O)[nH]c1=O. The molecule has 1 heterocycles. The minimum absolute atomic E-state index is 0.0801. The molecular weight excluding hydrogens is 256 g/mol.